The summed E-state index contributed by atoms with van der Waals surface area (Å²) in [7, 11) is 3.23. The molecule has 152 valence electrons. The maximum Gasteiger partial charge on any atom is 0.221 e. The minimum Gasteiger partial charge on any atom is -0.493 e. The average molecular weight is 468 g/mol. The van der Waals surface area contributed by atoms with Gasteiger partial charge in [-0.2, -0.15) is 0 Å². The smallest absolute Gasteiger partial charge is 0.221 e. The minimum atomic E-state index is -0.122. The van der Waals surface area contributed by atoms with Crippen LogP contribution in [0.4, 0.5) is 0 Å². The molecule has 0 spiro atoms. The van der Waals surface area contributed by atoms with Gasteiger partial charge in [0.1, 0.15) is 6.61 Å². The van der Waals surface area contributed by atoms with E-state index in [1.807, 2.05) is 49.4 Å². The molecule has 28 heavy (non-hydrogen) atoms. The first kappa shape index (κ1) is 22.6. The van der Waals surface area contributed by atoms with Crippen LogP contribution in [0.2, 0.25) is 0 Å². The SMILES string of the molecule is COCCOc1ccc(C(C)NC(=O)CCSc2ccccc2Br)cc1OC. The molecule has 0 heterocycles. The summed E-state index contributed by atoms with van der Waals surface area (Å²) in [5.74, 6) is 2.04. The Morgan fingerprint density at radius 3 is 2.64 bits per heavy atom. The van der Waals surface area contributed by atoms with Gasteiger partial charge in [-0.15, -0.1) is 11.8 Å². The van der Waals surface area contributed by atoms with Gasteiger partial charge < -0.3 is 19.5 Å². The fraction of sp³-hybridized carbons (Fsp3) is 0.381. The Morgan fingerprint density at radius 1 is 1.14 bits per heavy atom. The molecule has 1 unspecified atom stereocenters. The fourth-order valence-electron chi connectivity index (χ4n) is 2.52. The van der Waals surface area contributed by atoms with Crippen LogP contribution < -0.4 is 14.8 Å². The van der Waals surface area contributed by atoms with Gasteiger partial charge in [0.15, 0.2) is 11.5 Å². The Hall–Kier alpha value is -1.70. The summed E-state index contributed by atoms with van der Waals surface area (Å²) >= 11 is 5.18. The number of halogens is 1. The third-order valence-corrected chi connectivity index (χ3v) is 6.06. The first-order chi connectivity index (χ1) is 13.5. The number of carbonyl (C=O) groups is 1. The lowest BCUT2D eigenvalue weighted by Gasteiger charge is -2.17. The monoisotopic (exact) mass is 467 g/mol. The molecule has 0 aliphatic carbocycles. The van der Waals surface area contributed by atoms with Crippen molar-refractivity contribution in [2.45, 2.75) is 24.3 Å². The van der Waals surface area contributed by atoms with E-state index >= 15 is 0 Å². The molecule has 0 saturated carbocycles. The summed E-state index contributed by atoms with van der Waals surface area (Å²) in [5.41, 5.74) is 0.961. The Kier molecular flexibility index (Phi) is 9.67. The topological polar surface area (TPSA) is 56.8 Å². The number of ether oxygens (including phenoxy) is 3. The number of nitrogens with one attached hydrogen (secondary N) is 1. The summed E-state index contributed by atoms with van der Waals surface area (Å²) in [6, 6.07) is 13.6. The lowest BCUT2D eigenvalue weighted by atomic mass is 10.1. The van der Waals surface area contributed by atoms with Crippen molar-refractivity contribution >= 4 is 33.6 Å². The van der Waals surface area contributed by atoms with Crippen LogP contribution in [0.3, 0.4) is 0 Å². The van der Waals surface area contributed by atoms with Crippen molar-refractivity contribution < 1.29 is 19.0 Å². The lowest BCUT2D eigenvalue weighted by molar-refractivity contribution is -0.121. The molecule has 0 aromatic heterocycles. The molecule has 2 aromatic carbocycles. The maximum absolute atomic E-state index is 12.3. The van der Waals surface area contributed by atoms with Crippen LogP contribution in [0.5, 0.6) is 11.5 Å². The number of thioether (sulfide) groups is 1. The Bertz CT molecular complexity index is 772. The van der Waals surface area contributed by atoms with E-state index in [-0.39, 0.29) is 11.9 Å². The molecule has 5 nitrogen and oxygen atoms in total. The second kappa shape index (κ2) is 12.0. The van der Waals surface area contributed by atoms with Crippen LogP contribution in [0.25, 0.3) is 0 Å². The number of amides is 1. The van der Waals surface area contributed by atoms with Crippen molar-refractivity contribution in [3.63, 3.8) is 0 Å². The first-order valence-corrected chi connectivity index (χ1v) is 10.8. The molecule has 2 rings (SSSR count). The summed E-state index contributed by atoms with van der Waals surface area (Å²) in [5, 5.41) is 3.04. The van der Waals surface area contributed by atoms with E-state index in [0.717, 1.165) is 20.7 Å². The molecule has 1 atom stereocenters. The van der Waals surface area contributed by atoms with Crippen LogP contribution >= 0.6 is 27.7 Å². The Labute approximate surface area is 179 Å². The molecule has 0 aliphatic heterocycles. The van der Waals surface area contributed by atoms with Crippen LogP contribution in [-0.2, 0) is 9.53 Å². The number of carbonyl (C=O) groups excluding carboxylic acids is 1. The Morgan fingerprint density at radius 2 is 1.93 bits per heavy atom. The minimum absolute atomic E-state index is 0.0199. The van der Waals surface area contributed by atoms with E-state index < -0.39 is 0 Å². The second-order valence-electron chi connectivity index (χ2n) is 6.07. The third-order valence-electron chi connectivity index (χ3n) is 4.03. The molecule has 0 saturated heterocycles. The van der Waals surface area contributed by atoms with Crippen LogP contribution in [0.15, 0.2) is 51.8 Å². The van der Waals surface area contributed by atoms with Crippen molar-refractivity contribution in [1.29, 1.82) is 0 Å². The molecule has 0 radical (unpaired) electrons. The average Bonchev–Trinajstić information content (AvgIpc) is 2.69. The van der Waals surface area contributed by atoms with E-state index in [1.165, 1.54) is 0 Å². The van der Waals surface area contributed by atoms with E-state index in [9.17, 15) is 4.79 Å². The number of hydrogen-bond acceptors (Lipinski definition) is 5. The highest BCUT2D eigenvalue weighted by Gasteiger charge is 2.13. The Balaban J connectivity index is 1.86. The van der Waals surface area contributed by atoms with Gasteiger partial charge >= 0.3 is 0 Å². The summed E-state index contributed by atoms with van der Waals surface area (Å²) < 4.78 is 17.1. The van der Waals surface area contributed by atoms with E-state index in [1.54, 1.807) is 26.0 Å². The van der Waals surface area contributed by atoms with Crippen LogP contribution in [0.1, 0.15) is 24.9 Å². The molecule has 0 aliphatic rings. The summed E-state index contributed by atoms with van der Waals surface area (Å²) in [6.07, 6.45) is 0.450. The zero-order valence-electron chi connectivity index (χ0n) is 16.4. The highest BCUT2D eigenvalue weighted by Crippen LogP contribution is 2.30. The number of rotatable bonds is 11. The number of benzene rings is 2. The number of methoxy groups -OCH3 is 2. The molecular weight excluding hydrogens is 442 g/mol. The zero-order valence-corrected chi connectivity index (χ0v) is 18.8. The van der Waals surface area contributed by atoms with Gasteiger partial charge in [-0.3, -0.25) is 4.79 Å². The number of hydrogen-bond donors (Lipinski definition) is 1. The zero-order chi connectivity index (χ0) is 20.4. The first-order valence-electron chi connectivity index (χ1n) is 9.01. The highest BCUT2D eigenvalue weighted by molar-refractivity contribution is 9.10. The van der Waals surface area contributed by atoms with E-state index in [0.29, 0.717) is 31.1 Å². The molecule has 1 N–H and O–H groups in total. The second-order valence-corrected chi connectivity index (χ2v) is 8.06. The van der Waals surface area contributed by atoms with E-state index in [2.05, 4.69) is 21.2 Å². The molecular formula is C21H26BrNO4S. The maximum atomic E-state index is 12.3. The molecule has 0 fully saturated rings. The normalized spacial score (nSPS) is 11.7. The highest BCUT2D eigenvalue weighted by atomic mass is 79.9. The van der Waals surface area contributed by atoms with Gasteiger partial charge in [-0.1, -0.05) is 18.2 Å². The molecule has 1 amide bonds. The lowest BCUT2D eigenvalue weighted by Crippen LogP contribution is -2.26. The predicted octanol–water partition coefficient (Wildman–Crippen LogP) is 4.84. The van der Waals surface area contributed by atoms with Crippen molar-refractivity contribution in [3.05, 3.63) is 52.5 Å². The summed E-state index contributed by atoms with van der Waals surface area (Å²) in [6.45, 7) is 2.92. The fourth-order valence-corrected chi connectivity index (χ4v) is 4.04. The largest absolute Gasteiger partial charge is 0.493 e. The van der Waals surface area contributed by atoms with Gasteiger partial charge in [-0.05, 0) is 52.7 Å². The molecule has 2 aromatic rings. The van der Waals surface area contributed by atoms with Gasteiger partial charge in [0.2, 0.25) is 5.91 Å². The third kappa shape index (κ3) is 7.04. The van der Waals surface area contributed by atoms with Gasteiger partial charge in [-0.25, -0.2) is 0 Å². The molecule has 0 bridgehead atoms. The van der Waals surface area contributed by atoms with Gasteiger partial charge in [0.05, 0.1) is 19.8 Å². The van der Waals surface area contributed by atoms with Crippen LogP contribution in [-0.4, -0.2) is 39.1 Å². The van der Waals surface area contributed by atoms with Crippen LogP contribution in [0, 0.1) is 0 Å². The predicted molar refractivity (Wildman–Crippen MR) is 116 cm³/mol. The van der Waals surface area contributed by atoms with Gasteiger partial charge in [0.25, 0.3) is 0 Å². The van der Waals surface area contributed by atoms with Crippen molar-refractivity contribution in [2.24, 2.45) is 0 Å². The quantitative estimate of drug-likeness (QED) is 0.378. The van der Waals surface area contributed by atoms with Gasteiger partial charge in [0, 0.05) is 28.7 Å². The van der Waals surface area contributed by atoms with Crippen molar-refractivity contribution in [2.75, 3.05) is 33.2 Å². The standard InChI is InChI=1S/C21H26BrNO4S/c1-15(16-8-9-18(19(14-16)26-3)27-12-11-25-2)23-21(24)10-13-28-20-7-5-4-6-17(20)22/h4-9,14-15H,10-13H2,1-3H3,(H,23,24). The summed E-state index contributed by atoms with van der Waals surface area (Å²) in [4.78, 5) is 13.4. The molecule has 7 heteroatoms. The van der Waals surface area contributed by atoms with E-state index in [4.69, 9.17) is 14.2 Å². The van der Waals surface area contributed by atoms with Crippen molar-refractivity contribution in [3.8, 4) is 11.5 Å². The van der Waals surface area contributed by atoms with Crippen molar-refractivity contribution in [1.82, 2.24) is 5.32 Å².